The molecule has 0 aliphatic heterocycles. The monoisotopic (exact) mass is 314 g/mol. The Bertz CT molecular complexity index is 730. The topological polar surface area (TPSA) is 59.5 Å². The van der Waals surface area contributed by atoms with Crippen LogP contribution in [-0.2, 0) is 24.1 Å². The molecular weight excluding hydrogens is 288 g/mol. The summed E-state index contributed by atoms with van der Waals surface area (Å²) in [6.07, 6.45) is 5.60. The number of likely N-dealkylation sites (N-methyl/N-ethyl adjacent to an activating group) is 1. The molecule has 4 nitrogen and oxygen atoms in total. The van der Waals surface area contributed by atoms with Crippen LogP contribution in [0.1, 0.15) is 37.0 Å². The minimum atomic E-state index is -0.0658. The van der Waals surface area contributed by atoms with Crippen LogP contribution in [0.2, 0.25) is 0 Å². The van der Waals surface area contributed by atoms with Gasteiger partial charge in [-0.25, -0.2) is 0 Å². The average Bonchev–Trinajstić information content (AvgIpc) is 3.11. The van der Waals surface area contributed by atoms with Crippen molar-refractivity contribution in [2.75, 3.05) is 20.1 Å². The van der Waals surface area contributed by atoms with E-state index < -0.39 is 0 Å². The van der Waals surface area contributed by atoms with E-state index in [-0.39, 0.29) is 11.3 Å². The molecule has 3 rings (SSSR count). The number of fused-ring (bicyclic) bond motifs is 2. The highest BCUT2D eigenvalue weighted by atomic mass is 16.3. The Morgan fingerprint density at radius 1 is 1.30 bits per heavy atom. The van der Waals surface area contributed by atoms with Gasteiger partial charge in [0.2, 0.25) is 5.91 Å². The van der Waals surface area contributed by atoms with E-state index in [4.69, 9.17) is 10.2 Å². The lowest BCUT2D eigenvalue weighted by Gasteiger charge is -2.29. The van der Waals surface area contributed by atoms with Crippen LogP contribution in [-0.4, -0.2) is 30.9 Å². The maximum absolute atomic E-state index is 12.5. The lowest BCUT2D eigenvalue weighted by Crippen LogP contribution is -2.40. The predicted molar refractivity (Wildman–Crippen MR) is 92.4 cm³/mol. The fraction of sp³-hybridized carbons (Fsp3) is 0.526. The summed E-state index contributed by atoms with van der Waals surface area (Å²) in [5.41, 5.74) is 10.4. The normalized spacial score (nSPS) is 14.3. The molecule has 1 aliphatic rings. The number of aryl methyl sites for hydroxylation is 2. The fourth-order valence-corrected chi connectivity index (χ4v) is 3.38. The first-order valence-electron chi connectivity index (χ1n) is 8.35. The minimum Gasteiger partial charge on any atom is -0.464 e. The summed E-state index contributed by atoms with van der Waals surface area (Å²) in [6, 6.07) is 4.36. The summed E-state index contributed by atoms with van der Waals surface area (Å²) in [5, 5.41) is 1.09. The molecule has 2 N–H and O–H groups in total. The van der Waals surface area contributed by atoms with Gasteiger partial charge in [0.25, 0.3) is 0 Å². The summed E-state index contributed by atoms with van der Waals surface area (Å²) >= 11 is 0. The molecule has 0 fully saturated rings. The number of benzene rings is 1. The summed E-state index contributed by atoms with van der Waals surface area (Å²) < 4.78 is 5.69. The first kappa shape index (κ1) is 16.1. The SMILES string of the molecule is CN(CC(C)(C)CN)C(=O)Cc1coc2cc3c(cc12)CCC3. The highest BCUT2D eigenvalue weighted by Gasteiger charge is 2.22. The minimum absolute atomic E-state index is 0.0658. The van der Waals surface area contributed by atoms with Gasteiger partial charge in [-0.05, 0) is 54.5 Å². The van der Waals surface area contributed by atoms with Gasteiger partial charge in [0, 0.05) is 24.5 Å². The van der Waals surface area contributed by atoms with Crippen LogP contribution >= 0.6 is 0 Å². The van der Waals surface area contributed by atoms with Crippen LogP contribution in [0.4, 0.5) is 0 Å². The van der Waals surface area contributed by atoms with E-state index in [1.54, 1.807) is 11.2 Å². The Hall–Kier alpha value is -1.81. The zero-order valence-electron chi connectivity index (χ0n) is 14.3. The van der Waals surface area contributed by atoms with Gasteiger partial charge in [-0.3, -0.25) is 4.79 Å². The molecular formula is C19H26N2O2. The molecule has 0 saturated heterocycles. The van der Waals surface area contributed by atoms with Gasteiger partial charge < -0.3 is 15.1 Å². The number of hydrogen-bond acceptors (Lipinski definition) is 3. The number of nitrogens with two attached hydrogens (primary N) is 1. The van der Waals surface area contributed by atoms with E-state index in [1.807, 2.05) is 7.05 Å². The highest BCUT2D eigenvalue weighted by Crippen LogP contribution is 2.30. The van der Waals surface area contributed by atoms with Crippen molar-refractivity contribution in [2.45, 2.75) is 39.5 Å². The lowest BCUT2D eigenvalue weighted by molar-refractivity contribution is -0.130. The Labute approximate surface area is 137 Å². The van der Waals surface area contributed by atoms with Crippen molar-refractivity contribution >= 4 is 16.9 Å². The molecule has 0 atom stereocenters. The number of rotatable bonds is 5. The van der Waals surface area contributed by atoms with Crippen molar-refractivity contribution in [1.82, 2.24) is 4.90 Å². The largest absolute Gasteiger partial charge is 0.464 e. The zero-order valence-corrected chi connectivity index (χ0v) is 14.3. The number of carbonyl (C=O) groups is 1. The smallest absolute Gasteiger partial charge is 0.226 e. The number of amides is 1. The third-order valence-electron chi connectivity index (χ3n) is 4.85. The zero-order chi connectivity index (χ0) is 16.6. The number of hydrogen-bond donors (Lipinski definition) is 1. The van der Waals surface area contributed by atoms with Crippen LogP contribution in [0.5, 0.6) is 0 Å². The molecule has 1 aromatic carbocycles. The molecule has 1 aromatic heterocycles. The second kappa shape index (κ2) is 6.00. The number of nitrogens with zero attached hydrogens (tertiary/aromatic N) is 1. The van der Waals surface area contributed by atoms with E-state index in [0.717, 1.165) is 29.4 Å². The summed E-state index contributed by atoms with van der Waals surface area (Å²) in [7, 11) is 1.85. The van der Waals surface area contributed by atoms with Gasteiger partial charge in [0.1, 0.15) is 5.58 Å². The van der Waals surface area contributed by atoms with Crippen LogP contribution in [0.15, 0.2) is 22.8 Å². The second-order valence-electron chi connectivity index (χ2n) is 7.53. The van der Waals surface area contributed by atoms with E-state index in [1.165, 1.54) is 17.5 Å². The lowest BCUT2D eigenvalue weighted by atomic mass is 9.93. The molecule has 0 radical (unpaired) electrons. The van der Waals surface area contributed by atoms with Crippen molar-refractivity contribution in [3.8, 4) is 0 Å². The first-order valence-corrected chi connectivity index (χ1v) is 8.35. The molecule has 1 amide bonds. The molecule has 0 unspecified atom stereocenters. The molecule has 4 heteroatoms. The van der Waals surface area contributed by atoms with Crippen LogP contribution in [0.25, 0.3) is 11.0 Å². The highest BCUT2D eigenvalue weighted by molar-refractivity contribution is 5.88. The molecule has 124 valence electrons. The third kappa shape index (κ3) is 3.27. The van der Waals surface area contributed by atoms with Gasteiger partial charge in [0.05, 0.1) is 12.7 Å². The van der Waals surface area contributed by atoms with E-state index >= 15 is 0 Å². The van der Waals surface area contributed by atoms with Crippen molar-refractivity contribution < 1.29 is 9.21 Å². The molecule has 2 aromatic rings. The fourth-order valence-electron chi connectivity index (χ4n) is 3.38. The summed E-state index contributed by atoms with van der Waals surface area (Å²) in [5.74, 6) is 0.106. The van der Waals surface area contributed by atoms with Crippen LogP contribution in [0, 0.1) is 5.41 Å². The number of furan rings is 1. The maximum Gasteiger partial charge on any atom is 0.226 e. The maximum atomic E-state index is 12.5. The van der Waals surface area contributed by atoms with Gasteiger partial charge >= 0.3 is 0 Å². The molecule has 0 saturated carbocycles. The van der Waals surface area contributed by atoms with Crippen molar-refractivity contribution in [2.24, 2.45) is 11.1 Å². The second-order valence-corrected chi connectivity index (χ2v) is 7.53. The molecule has 0 spiro atoms. The van der Waals surface area contributed by atoms with Gasteiger partial charge in [-0.1, -0.05) is 13.8 Å². The van der Waals surface area contributed by atoms with E-state index in [9.17, 15) is 4.79 Å². The summed E-state index contributed by atoms with van der Waals surface area (Å²) in [4.78, 5) is 14.3. The Balaban J connectivity index is 1.77. The predicted octanol–water partition coefficient (Wildman–Crippen LogP) is 2.91. The van der Waals surface area contributed by atoms with Crippen molar-refractivity contribution in [3.05, 3.63) is 35.1 Å². The summed E-state index contributed by atoms with van der Waals surface area (Å²) in [6.45, 7) is 5.37. The Kier molecular flexibility index (Phi) is 4.19. The van der Waals surface area contributed by atoms with E-state index in [0.29, 0.717) is 19.5 Å². The third-order valence-corrected chi connectivity index (χ3v) is 4.85. The van der Waals surface area contributed by atoms with Crippen LogP contribution in [0.3, 0.4) is 0 Å². The molecule has 1 aliphatic carbocycles. The quantitative estimate of drug-likeness (QED) is 0.923. The van der Waals surface area contributed by atoms with E-state index in [2.05, 4.69) is 26.0 Å². The molecule has 23 heavy (non-hydrogen) atoms. The van der Waals surface area contributed by atoms with Crippen molar-refractivity contribution in [3.63, 3.8) is 0 Å². The van der Waals surface area contributed by atoms with Gasteiger partial charge in [0.15, 0.2) is 0 Å². The standard InChI is InChI=1S/C19H26N2O2/c1-19(2,11-20)12-21(3)18(22)9-15-10-23-17-8-14-6-4-5-13(14)7-16(15)17/h7-8,10H,4-6,9,11-12,20H2,1-3H3. The van der Waals surface area contributed by atoms with Gasteiger partial charge in [-0.15, -0.1) is 0 Å². The first-order chi connectivity index (χ1) is 10.9. The molecule has 0 bridgehead atoms. The van der Waals surface area contributed by atoms with Gasteiger partial charge in [-0.2, -0.15) is 0 Å². The Morgan fingerprint density at radius 2 is 2.00 bits per heavy atom. The molecule has 1 heterocycles. The van der Waals surface area contributed by atoms with Crippen LogP contribution < -0.4 is 5.73 Å². The number of carbonyl (C=O) groups excluding carboxylic acids is 1. The average molecular weight is 314 g/mol. The van der Waals surface area contributed by atoms with Crippen molar-refractivity contribution in [1.29, 1.82) is 0 Å². The Morgan fingerprint density at radius 3 is 2.70 bits per heavy atom.